The van der Waals surface area contributed by atoms with Crippen LogP contribution < -0.4 is 33.2 Å². The number of carboxylic acid groups (broad SMARTS) is 1. The Morgan fingerprint density at radius 2 is 1.69 bits per heavy atom. The van der Waals surface area contributed by atoms with E-state index in [1.54, 1.807) is 12.1 Å². The van der Waals surface area contributed by atoms with Crippen LogP contribution in [0.2, 0.25) is 0 Å². The zero-order valence-corrected chi connectivity index (χ0v) is 20.9. The lowest BCUT2D eigenvalue weighted by Crippen LogP contribution is -2.54. The minimum Gasteiger partial charge on any atom is -0.508 e. The first-order valence-corrected chi connectivity index (χ1v) is 12.6. The van der Waals surface area contributed by atoms with Gasteiger partial charge in [-0.1, -0.05) is 12.1 Å². The number of aromatic hydroxyl groups is 1. The van der Waals surface area contributed by atoms with Gasteiger partial charge in [-0.25, -0.2) is 4.79 Å². The van der Waals surface area contributed by atoms with Crippen molar-refractivity contribution in [2.45, 2.75) is 43.8 Å². The van der Waals surface area contributed by atoms with Crippen LogP contribution >= 0.6 is 11.8 Å². The number of rotatable bonds is 16. The monoisotopic (exact) mass is 525 g/mol. The minimum absolute atomic E-state index is 0.0471. The van der Waals surface area contributed by atoms with Crippen LogP contribution in [0.1, 0.15) is 24.8 Å². The third-order valence-electron chi connectivity index (χ3n) is 4.98. The maximum absolute atomic E-state index is 12.8. The molecule has 3 atom stereocenters. The molecule has 0 bridgehead atoms. The normalized spacial score (nSPS) is 13.1. The second-order valence-corrected chi connectivity index (χ2v) is 8.93. The van der Waals surface area contributed by atoms with Crippen LogP contribution in [0.3, 0.4) is 0 Å². The van der Waals surface area contributed by atoms with Gasteiger partial charge in [-0.05, 0) is 49.0 Å². The SMILES string of the molecule is CSCCC(N)C(=O)NC(Cc1ccc(O)cc1)C(=O)NCC(=O)NC(CCCN=C(N)N)C(=O)O. The van der Waals surface area contributed by atoms with Crippen LogP contribution in [-0.2, 0) is 25.6 Å². The molecule has 0 radical (unpaired) electrons. The molecule has 14 heteroatoms. The van der Waals surface area contributed by atoms with Gasteiger partial charge in [0, 0.05) is 13.0 Å². The molecule has 200 valence electrons. The van der Waals surface area contributed by atoms with Gasteiger partial charge in [-0.15, -0.1) is 0 Å². The molecule has 0 aliphatic heterocycles. The molecule has 0 aliphatic rings. The van der Waals surface area contributed by atoms with Gasteiger partial charge in [-0.2, -0.15) is 11.8 Å². The standard InChI is InChI=1S/C22H35N7O6S/c1-36-10-8-15(23)19(32)29-17(11-13-4-6-14(30)7-5-13)20(33)27-12-18(31)28-16(21(34)35)3-2-9-26-22(24)25/h4-7,15-17,30H,2-3,8-12,23H2,1H3,(H,27,33)(H,28,31)(H,29,32)(H,34,35)(H4,24,25,26). The Morgan fingerprint density at radius 1 is 1.03 bits per heavy atom. The molecule has 0 saturated heterocycles. The van der Waals surface area contributed by atoms with E-state index < -0.39 is 48.4 Å². The van der Waals surface area contributed by atoms with E-state index in [1.165, 1.54) is 23.9 Å². The van der Waals surface area contributed by atoms with E-state index in [4.69, 9.17) is 17.2 Å². The molecule has 3 unspecified atom stereocenters. The fourth-order valence-electron chi connectivity index (χ4n) is 3.03. The average Bonchev–Trinajstić information content (AvgIpc) is 2.83. The van der Waals surface area contributed by atoms with E-state index in [0.29, 0.717) is 24.2 Å². The summed E-state index contributed by atoms with van der Waals surface area (Å²) in [5.41, 5.74) is 17.0. The Balaban J connectivity index is 2.76. The molecule has 3 amide bonds. The number of aliphatic imine (C=N–C) groups is 1. The third-order valence-corrected chi connectivity index (χ3v) is 5.62. The Labute approximate surface area is 213 Å². The summed E-state index contributed by atoms with van der Waals surface area (Å²) < 4.78 is 0. The summed E-state index contributed by atoms with van der Waals surface area (Å²) in [7, 11) is 0. The maximum atomic E-state index is 12.8. The highest BCUT2D eigenvalue weighted by Gasteiger charge is 2.25. The summed E-state index contributed by atoms with van der Waals surface area (Å²) in [6, 6.07) is 3.04. The van der Waals surface area contributed by atoms with Crippen molar-refractivity contribution in [2.24, 2.45) is 22.2 Å². The van der Waals surface area contributed by atoms with Gasteiger partial charge >= 0.3 is 5.97 Å². The highest BCUT2D eigenvalue weighted by atomic mass is 32.2. The number of hydrogen-bond donors (Lipinski definition) is 8. The highest BCUT2D eigenvalue weighted by Crippen LogP contribution is 2.12. The number of guanidine groups is 1. The van der Waals surface area contributed by atoms with Crippen LogP contribution in [0.4, 0.5) is 0 Å². The average molecular weight is 526 g/mol. The number of carboxylic acids is 1. The Bertz CT molecular complexity index is 909. The summed E-state index contributed by atoms with van der Waals surface area (Å²) in [6.07, 6.45) is 2.79. The summed E-state index contributed by atoms with van der Waals surface area (Å²) >= 11 is 1.54. The lowest BCUT2D eigenvalue weighted by molar-refractivity contribution is -0.142. The number of nitrogens with two attached hydrogens (primary N) is 3. The molecule has 0 spiro atoms. The van der Waals surface area contributed by atoms with Gasteiger partial charge in [0.25, 0.3) is 0 Å². The molecule has 1 aromatic carbocycles. The third kappa shape index (κ3) is 12.3. The number of amides is 3. The second-order valence-electron chi connectivity index (χ2n) is 7.94. The van der Waals surface area contributed by atoms with Crippen molar-refractivity contribution in [3.8, 4) is 5.75 Å². The van der Waals surface area contributed by atoms with E-state index in [2.05, 4.69) is 20.9 Å². The lowest BCUT2D eigenvalue weighted by atomic mass is 10.0. The van der Waals surface area contributed by atoms with Gasteiger partial charge < -0.3 is 43.4 Å². The molecular formula is C22H35N7O6S. The molecule has 0 saturated carbocycles. The maximum Gasteiger partial charge on any atom is 0.326 e. The van der Waals surface area contributed by atoms with Crippen LogP contribution in [-0.4, -0.2) is 83.1 Å². The number of phenols is 1. The van der Waals surface area contributed by atoms with Gasteiger partial charge in [0.05, 0.1) is 12.6 Å². The zero-order chi connectivity index (χ0) is 27.1. The Kier molecular flexibility index (Phi) is 13.7. The smallest absolute Gasteiger partial charge is 0.326 e. The van der Waals surface area contributed by atoms with E-state index >= 15 is 0 Å². The number of hydrogen-bond acceptors (Lipinski definition) is 8. The number of aliphatic carboxylic acids is 1. The van der Waals surface area contributed by atoms with Gasteiger partial charge in [-0.3, -0.25) is 19.4 Å². The number of benzene rings is 1. The number of nitrogens with zero attached hydrogens (tertiary/aromatic N) is 1. The van der Waals surface area contributed by atoms with E-state index in [9.17, 15) is 29.4 Å². The Hall–Kier alpha value is -3.52. The number of thioether (sulfide) groups is 1. The van der Waals surface area contributed by atoms with E-state index in [0.717, 1.165) is 0 Å². The van der Waals surface area contributed by atoms with Gasteiger partial charge in [0.1, 0.15) is 17.8 Å². The highest BCUT2D eigenvalue weighted by molar-refractivity contribution is 7.98. The predicted molar refractivity (Wildman–Crippen MR) is 137 cm³/mol. The van der Waals surface area contributed by atoms with Crippen LogP contribution in [0.15, 0.2) is 29.3 Å². The summed E-state index contributed by atoms with van der Waals surface area (Å²) in [6.45, 7) is -0.298. The fraction of sp³-hybridized carbons (Fsp3) is 0.500. The molecule has 36 heavy (non-hydrogen) atoms. The van der Waals surface area contributed by atoms with E-state index in [1.807, 2.05) is 6.26 Å². The molecular weight excluding hydrogens is 490 g/mol. The number of carbonyl (C=O) groups is 4. The molecule has 0 aliphatic carbocycles. The van der Waals surface area contributed by atoms with Crippen LogP contribution in [0, 0.1) is 0 Å². The van der Waals surface area contributed by atoms with Crippen molar-refractivity contribution in [2.75, 3.05) is 25.1 Å². The second kappa shape index (κ2) is 16.2. The molecule has 0 aromatic heterocycles. The lowest BCUT2D eigenvalue weighted by Gasteiger charge is -2.21. The molecule has 13 nitrogen and oxygen atoms in total. The molecule has 0 heterocycles. The van der Waals surface area contributed by atoms with Crippen molar-refractivity contribution < 1.29 is 29.4 Å². The molecule has 1 rings (SSSR count). The summed E-state index contributed by atoms with van der Waals surface area (Å²) in [5.74, 6) is -2.53. The first-order valence-electron chi connectivity index (χ1n) is 11.2. The number of carbonyl (C=O) groups excluding carboxylic acids is 3. The largest absolute Gasteiger partial charge is 0.508 e. The van der Waals surface area contributed by atoms with Crippen molar-refractivity contribution in [3.63, 3.8) is 0 Å². The first kappa shape index (κ1) is 30.5. The van der Waals surface area contributed by atoms with Crippen LogP contribution in [0.25, 0.3) is 0 Å². The number of phenolic OH excluding ortho intramolecular Hbond substituents is 1. The quantitative estimate of drug-likeness (QED) is 0.0687. The summed E-state index contributed by atoms with van der Waals surface area (Å²) in [4.78, 5) is 52.8. The Morgan fingerprint density at radius 3 is 2.28 bits per heavy atom. The molecule has 0 fully saturated rings. The zero-order valence-electron chi connectivity index (χ0n) is 20.1. The van der Waals surface area contributed by atoms with Crippen molar-refractivity contribution in [1.29, 1.82) is 0 Å². The predicted octanol–water partition coefficient (Wildman–Crippen LogP) is -1.76. The van der Waals surface area contributed by atoms with Gasteiger partial charge in [0.2, 0.25) is 17.7 Å². The van der Waals surface area contributed by atoms with Crippen LogP contribution in [0.5, 0.6) is 5.75 Å². The fourth-order valence-corrected chi connectivity index (χ4v) is 3.52. The minimum atomic E-state index is -1.24. The van der Waals surface area contributed by atoms with Gasteiger partial charge in [0.15, 0.2) is 5.96 Å². The molecule has 11 N–H and O–H groups in total. The number of nitrogens with one attached hydrogen (secondary N) is 3. The van der Waals surface area contributed by atoms with Crippen molar-refractivity contribution in [3.05, 3.63) is 29.8 Å². The summed E-state index contributed by atoms with van der Waals surface area (Å²) in [5, 5.41) is 26.2. The topological polar surface area (TPSA) is 235 Å². The van der Waals surface area contributed by atoms with E-state index in [-0.39, 0.29) is 31.1 Å². The van der Waals surface area contributed by atoms with Crippen molar-refractivity contribution >= 4 is 41.4 Å². The molecule has 1 aromatic rings. The first-order chi connectivity index (χ1) is 17.0. The van der Waals surface area contributed by atoms with Crippen molar-refractivity contribution in [1.82, 2.24) is 16.0 Å².